The molecule has 0 spiro atoms. The Labute approximate surface area is 108 Å². The van der Waals surface area contributed by atoms with E-state index in [0.717, 1.165) is 10.0 Å². The molecule has 1 heterocycles. The summed E-state index contributed by atoms with van der Waals surface area (Å²) in [6.45, 7) is 0. The maximum absolute atomic E-state index is 8.74. The molecule has 1 aromatic carbocycles. The molecule has 1 aromatic heterocycles. The minimum Gasteiger partial charge on any atom is -0.198 e. The normalized spacial score (nSPS) is 10.4. The van der Waals surface area contributed by atoms with E-state index >= 15 is 0 Å². The molecule has 14 heavy (non-hydrogen) atoms. The Morgan fingerprint density at radius 3 is 3.00 bits per heavy atom. The zero-order valence-electron chi connectivity index (χ0n) is 7.05. The monoisotopic (exact) mass is 377 g/mol. The molecule has 0 saturated carbocycles. The predicted octanol–water partition coefficient (Wildman–Crippen LogP) is 4.33. The van der Waals surface area contributed by atoms with Crippen molar-refractivity contribution in [3.05, 3.63) is 31.1 Å². The van der Waals surface area contributed by atoms with Crippen molar-refractivity contribution in [1.82, 2.24) is 0 Å². The van der Waals surface area contributed by atoms with Gasteiger partial charge in [0.15, 0.2) is 0 Å². The molecule has 4 heteroatoms. The highest BCUT2D eigenvalue weighted by molar-refractivity contribution is 14.1. The van der Waals surface area contributed by atoms with Crippen molar-refractivity contribution in [3.63, 3.8) is 0 Å². The van der Waals surface area contributed by atoms with Gasteiger partial charge in [-0.05, 0) is 34.2 Å². The van der Waals surface area contributed by atoms with E-state index in [-0.39, 0.29) is 0 Å². The van der Waals surface area contributed by atoms with Crippen LogP contribution in [-0.2, 0) is 6.42 Å². The van der Waals surface area contributed by atoms with Crippen LogP contribution in [0.15, 0.2) is 22.0 Å². The van der Waals surface area contributed by atoms with Crippen molar-refractivity contribution in [2.24, 2.45) is 0 Å². The second kappa shape index (κ2) is 4.17. The van der Waals surface area contributed by atoms with Crippen molar-refractivity contribution in [2.75, 3.05) is 0 Å². The van der Waals surface area contributed by atoms with Crippen LogP contribution in [0.1, 0.15) is 5.56 Å². The van der Waals surface area contributed by atoms with Gasteiger partial charge in [0, 0.05) is 23.5 Å². The van der Waals surface area contributed by atoms with Crippen LogP contribution in [0.5, 0.6) is 0 Å². The summed E-state index contributed by atoms with van der Waals surface area (Å²) in [5, 5.41) is 12.1. The SMILES string of the molecule is N#CCc1c(Br)ccc2c(I)csc12. The van der Waals surface area contributed by atoms with Gasteiger partial charge in [-0.2, -0.15) is 5.26 Å². The lowest BCUT2D eigenvalue weighted by Crippen LogP contribution is -1.84. The molecule has 0 unspecified atom stereocenters. The summed E-state index contributed by atoms with van der Waals surface area (Å²) in [6, 6.07) is 6.31. The molecule has 0 aliphatic heterocycles. The van der Waals surface area contributed by atoms with Crippen molar-refractivity contribution >= 4 is 59.9 Å². The van der Waals surface area contributed by atoms with Gasteiger partial charge < -0.3 is 0 Å². The molecule has 0 bridgehead atoms. The third kappa shape index (κ3) is 1.69. The summed E-state index contributed by atoms with van der Waals surface area (Å²) in [5.74, 6) is 0. The summed E-state index contributed by atoms with van der Waals surface area (Å²) >= 11 is 7.51. The first kappa shape index (κ1) is 10.4. The van der Waals surface area contributed by atoms with E-state index in [9.17, 15) is 0 Å². The predicted molar refractivity (Wildman–Crippen MR) is 71.6 cm³/mol. The van der Waals surface area contributed by atoms with Crippen molar-refractivity contribution in [3.8, 4) is 6.07 Å². The fraction of sp³-hybridized carbons (Fsp3) is 0.100. The maximum Gasteiger partial charge on any atom is 0.0670 e. The molecule has 1 nitrogen and oxygen atoms in total. The molecule has 0 saturated heterocycles. The Morgan fingerprint density at radius 2 is 2.29 bits per heavy atom. The fourth-order valence-electron chi connectivity index (χ4n) is 1.34. The Bertz CT molecular complexity index is 527. The highest BCUT2D eigenvalue weighted by Gasteiger charge is 2.09. The number of hydrogen-bond donors (Lipinski definition) is 0. The second-order valence-corrected chi connectivity index (χ2v) is 5.72. The molecule has 0 aliphatic rings. The summed E-state index contributed by atoms with van der Waals surface area (Å²) in [6.07, 6.45) is 0.467. The quantitative estimate of drug-likeness (QED) is 0.678. The smallest absolute Gasteiger partial charge is 0.0670 e. The van der Waals surface area contributed by atoms with E-state index in [1.54, 1.807) is 11.3 Å². The van der Waals surface area contributed by atoms with Crippen LogP contribution in [-0.4, -0.2) is 0 Å². The van der Waals surface area contributed by atoms with E-state index in [4.69, 9.17) is 5.26 Å². The van der Waals surface area contributed by atoms with Gasteiger partial charge in [-0.15, -0.1) is 11.3 Å². The van der Waals surface area contributed by atoms with Crippen molar-refractivity contribution in [1.29, 1.82) is 5.26 Å². The Balaban J connectivity index is 2.78. The summed E-state index contributed by atoms with van der Waals surface area (Å²) < 4.78 is 3.52. The molecule has 0 N–H and O–H groups in total. The molecule has 70 valence electrons. The molecular formula is C10H5BrINS. The number of halogens is 2. The lowest BCUT2D eigenvalue weighted by molar-refractivity contribution is 1.28. The maximum atomic E-state index is 8.74. The van der Waals surface area contributed by atoms with Gasteiger partial charge >= 0.3 is 0 Å². The lowest BCUT2D eigenvalue weighted by Gasteiger charge is -2.01. The molecule has 2 rings (SSSR count). The van der Waals surface area contributed by atoms with E-state index in [1.807, 2.05) is 6.07 Å². The van der Waals surface area contributed by atoms with Crippen LogP contribution in [0, 0.1) is 14.9 Å². The van der Waals surface area contributed by atoms with Gasteiger partial charge in [0.1, 0.15) is 0 Å². The van der Waals surface area contributed by atoms with Gasteiger partial charge in [0.25, 0.3) is 0 Å². The van der Waals surface area contributed by atoms with Crippen LogP contribution < -0.4 is 0 Å². The Morgan fingerprint density at radius 1 is 1.50 bits per heavy atom. The largest absolute Gasteiger partial charge is 0.198 e. The fourth-order valence-corrected chi connectivity index (χ4v) is 3.94. The number of thiophene rings is 1. The molecule has 0 fully saturated rings. The minimum atomic E-state index is 0.467. The zero-order chi connectivity index (χ0) is 10.1. The van der Waals surface area contributed by atoms with Gasteiger partial charge in [-0.25, -0.2) is 0 Å². The van der Waals surface area contributed by atoms with Gasteiger partial charge in [0.05, 0.1) is 12.5 Å². The average Bonchev–Trinajstić information content (AvgIpc) is 2.53. The minimum absolute atomic E-state index is 0.467. The number of hydrogen-bond acceptors (Lipinski definition) is 2. The van der Waals surface area contributed by atoms with E-state index < -0.39 is 0 Å². The number of nitriles is 1. The first-order valence-corrected chi connectivity index (χ1v) is 6.70. The third-order valence-electron chi connectivity index (χ3n) is 2.00. The molecule has 0 aliphatic carbocycles. The van der Waals surface area contributed by atoms with Crippen LogP contribution in [0.4, 0.5) is 0 Å². The average molecular weight is 378 g/mol. The number of benzene rings is 1. The van der Waals surface area contributed by atoms with Crippen LogP contribution in [0.3, 0.4) is 0 Å². The summed E-state index contributed by atoms with van der Waals surface area (Å²) in [7, 11) is 0. The Hall–Kier alpha value is -0.120. The van der Waals surface area contributed by atoms with Crippen molar-refractivity contribution in [2.45, 2.75) is 6.42 Å². The van der Waals surface area contributed by atoms with Gasteiger partial charge in [-0.1, -0.05) is 22.0 Å². The third-order valence-corrected chi connectivity index (χ3v) is 5.11. The molecule has 2 aromatic rings. The summed E-state index contributed by atoms with van der Waals surface area (Å²) in [4.78, 5) is 0. The van der Waals surface area contributed by atoms with Gasteiger partial charge in [0.2, 0.25) is 0 Å². The lowest BCUT2D eigenvalue weighted by atomic mass is 10.1. The second-order valence-electron chi connectivity index (χ2n) is 2.82. The van der Waals surface area contributed by atoms with E-state index in [1.165, 1.54) is 13.7 Å². The number of rotatable bonds is 1. The zero-order valence-corrected chi connectivity index (χ0v) is 11.6. The first-order valence-electron chi connectivity index (χ1n) is 3.95. The van der Waals surface area contributed by atoms with E-state index in [0.29, 0.717) is 6.42 Å². The molecule has 0 amide bonds. The standard InChI is InChI=1S/C10H5BrINS/c11-8-2-1-7-9(12)5-14-10(7)6(8)3-4-13/h1-2,5H,3H2. The Kier molecular flexibility index (Phi) is 3.10. The number of fused-ring (bicyclic) bond motifs is 1. The molecular weight excluding hydrogens is 373 g/mol. The number of nitrogens with zero attached hydrogens (tertiary/aromatic N) is 1. The first-order chi connectivity index (χ1) is 6.74. The van der Waals surface area contributed by atoms with Crippen molar-refractivity contribution < 1.29 is 0 Å². The van der Waals surface area contributed by atoms with Crippen LogP contribution in [0.25, 0.3) is 10.1 Å². The highest BCUT2D eigenvalue weighted by atomic mass is 127. The highest BCUT2D eigenvalue weighted by Crippen LogP contribution is 2.34. The van der Waals surface area contributed by atoms with E-state index in [2.05, 4.69) is 56.0 Å². The topological polar surface area (TPSA) is 23.8 Å². The summed E-state index contributed by atoms with van der Waals surface area (Å²) in [5.41, 5.74) is 1.11. The van der Waals surface area contributed by atoms with Crippen LogP contribution in [0.2, 0.25) is 0 Å². The van der Waals surface area contributed by atoms with Crippen LogP contribution >= 0.6 is 49.9 Å². The van der Waals surface area contributed by atoms with Gasteiger partial charge in [-0.3, -0.25) is 0 Å². The molecule has 0 atom stereocenters. The molecule has 0 radical (unpaired) electrons.